The van der Waals surface area contributed by atoms with Crippen LogP contribution in [0.1, 0.15) is 42.4 Å². The number of carbonyl (C=O) groups is 1. The summed E-state index contributed by atoms with van der Waals surface area (Å²) >= 11 is 0. The van der Waals surface area contributed by atoms with Crippen LogP contribution in [0.2, 0.25) is 0 Å². The van der Waals surface area contributed by atoms with Crippen LogP contribution in [-0.4, -0.2) is 37.2 Å². The van der Waals surface area contributed by atoms with Crippen LogP contribution in [0.25, 0.3) is 0 Å². The van der Waals surface area contributed by atoms with Crippen molar-refractivity contribution in [3.05, 3.63) is 41.5 Å². The lowest BCUT2D eigenvalue weighted by atomic mass is 9.89. The standard InChI is InChI=1S/C19H25N3O4/c1-19(2,3)17-13(9-20-11-22-17)10-21-18(23)12-7-14(24-4)16(26-6)15(8-12)25-5/h7-9,11H,10H2,1-6H3,(H,21,23). The number of hydrogen-bond donors (Lipinski definition) is 1. The molecule has 1 heterocycles. The minimum absolute atomic E-state index is 0.143. The lowest BCUT2D eigenvalue weighted by Gasteiger charge is -2.21. The van der Waals surface area contributed by atoms with Crippen molar-refractivity contribution in [2.24, 2.45) is 0 Å². The summed E-state index contributed by atoms with van der Waals surface area (Å²) in [5.41, 5.74) is 2.04. The second-order valence-corrected chi connectivity index (χ2v) is 6.74. The molecule has 1 aromatic carbocycles. The number of amides is 1. The molecule has 0 spiro atoms. The molecular formula is C19H25N3O4. The van der Waals surface area contributed by atoms with E-state index in [1.807, 2.05) is 0 Å². The number of rotatable bonds is 6. The maximum Gasteiger partial charge on any atom is 0.251 e. The predicted molar refractivity (Wildman–Crippen MR) is 98.0 cm³/mol. The van der Waals surface area contributed by atoms with Crippen molar-refractivity contribution in [1.82, 2.24) is 15.3 Å². The van der Waals surface area contributed by atoms with Gasteiger partial charge in [-0.15, -0.1) is 0 Å². The summed E-state index contributed by atoms with van der Waals surface area (Å²) in [5, 5.41) is 2.90. The van der Waals surface area contributed by atoms with Crippen LogP contribution in [0.3, 0.4) is 0 Å². The Labute approximate surface area is 153 Å². The van der Waals surface area contributed by atoms with Crippen LogP contribution in [0.4, 0.5) is 0 Å². The van der Waals surface area contributed by atoms with Crippen LogP contribution < -0.4 is 19.5 Å². The summed E-state index contributed by atoms with van der Waals surface area (Å²) in [7, 11) is 4.54. The van der Waals surface area contributed by atoms with Gasteiger partial charge in [0, 0.05) is 29.3 Å². The topological polar surface area (TPSA) is 82.6 Å². The molecule has 1 N–H and O–H groups in total. The molecule has 7 heteroatoms. The number of methoxy groups -OCH3 is 3. The molecule has 0 aliphatic carbocycles. The first-order valence-corrected chi connectivity index (χ1v) is 8.19. The van der Waals surface area contributed by atoms with Crippen LogP contribution in [0, 0.1) is 0 Å². The Morgan fingerprint density at radius 1 is 1.08 bits per heavy atom. The molecule has 0 bridgehead atoms. The highest BCUT2D eigenvalue weighted by Crippen LogP contribution is 2.38. The van der Waals surface area contributed by atoms with Gasteiger partial charge in [0.05, 0.1) is 27.0 Å². The van der Waals surface area contributed by atoms with E-state index in [2.05, 4.69) is 36.1 Å². The van der Waals surface area contributed by atoms with E-state index < -0.39 is 0 Å². The van der Waals surface area contributed by atoms with Gasteiger partial charge in [0.15, 0.2) is 11.5 Å². The maximum absolute atomic E-state index is 12.6. The van der Waals surface area contributed by atoms with E-state index in [-0.39, 0.29) is 11.3 Å². The summed E-state index contributed by atoms with van der Waals surface area (Å²) in [4.78, 5) is 21.0. The normalized spacial score (nSPS) is 11.0. The maximum atomic E-state index is 12.6. The van der Waals surface area contributed by atoms with Gasteiger partial charge in [0.1, 0.15) is 6.33 Å². The van der Waals surface area contributed by atoms with Crippen molar-refractivity contribution >= 4 is 5.91 Å². The molecule has 2 rings (SSSR count). The molecular weight excluding hydrogens is 334 g/mol. The average Bonchev–Trinajstić information content (AvgIpc) is 2.64. The second-order valence-electron chi connectivity index (χ2n) is 6.74. The Morgan fingerprint density at radius 2 is 1.69 bits per heavy atom. The van der Waals surface area contributed by atoms with Gasteiger partial charge < -0.3 is 19.5 Å². The third kappa shape index (κ3) is 4.22. The van der Waals surface area contributed by atoms with Gasteiger partial charge in [0.2, 0.25) is 5.75 Å². The molecule has 0 aliphatic heterocycles. The zero-order valence-corrected chi connectivity index (χ0v) is 16.0. The largest absolute Gasteiger partial charge is 0.493 e. The Kier molecular flexibility index (Phi) is 6.02. The molecule has 0 radical (unpaired) electrons. The molecule has 140 valence electrons. The van der Waals surface area contributed by atoms with E-state index >= 15 is 0 Å². The van der Waals surface area contributed by atoms with Crippen molar-refractivity contribution in [3.63, 3.8) is 0 Å². The van der Waals surface area contributed by atoms with Gasteiger partial charge in [0.25, 0.3) is 5.91 Å². The molecule has 0 saturated heterocycles. The van der Waals surface area contributed by atoms with Gasteiger partial charge in [-0.2, -0.15) is 0 Å². The highest BCUT2D eigenvalue weighted by Gasteiger charge is 2.21. The lowest BCUT2D eigenvalue weighted by Crippen LogP contribution is -2.26. The van der Waals surface area contributed by atoms with Gasteiger partial charge in [-0.05, 0) is 12.1 Å². The number of ether oxygens (including phenoxy) is 3. The van der Waals surface area contributed by atoms with Gasteiger partial charge in [-0.1, -0.05) is 20.8 Å². The van der Waals surface area contributed by atoms with E-state index in [9.17, 15) is 4.79 Å². The van der Waals surface area contributed by atoms with Crippen LogP contribution in [0.15, 0.2) is 24.7 Å². The van der Waals surface area contributed by atoms with Crippen molar-refractivity contribution in [2.45, 2.75) is 32.7 Å². The monoisotopic (exact) mass is 359 g/mol. The van der Waals surface area contributed by atoms with Crippen molar-refractivity contribution < 1.29 is 19.0 Å². The molecule has 1 aromatic heterocycles. The minimum Gasteiger partial charge on any atom is -0.493 e. The van der Waals surface area contributed by atoms with E-state index in [4.69, 9.17) is 14.2 Å². The molecule has 0 unspecified atom stereocenters. The summed E-state index contributed by atoms with van der Waals surface area (Å²) in [6.45, 7) is 6.53. The zero-order chi connectivity index (χ0) is 19.3. The highest BCUT2D eigenvalue weighted by molar-refractivity contribution is 5.95. The SMILES string of the molecule is COc1cc(C(=O)NCc2cncnc2C(C)(C)C)cc(OC)c1OC. The highest BCUT2D eigenvalue weighted by atomic mass is 16.5. The Hall–Kier alpha value is -2.83. The van der Waals surface area contributed by atoms with Gasteiger partial charge >= 0.3 is 0 Å². The zero-order valence-electron chi connectivity index (χ0n) is 16.0. The number of nitrogens with one attached hydrogen (secondary N) is 1. The average molecular weight is 359 g/mol. The van der Waals surface area contributed by atoms with E-state index in [1.54, 1.807) is 18.3 Å². The summed E-state index contributed by atoms with van der Waals surface area (Å²) in [6.07, 6.45) is 3.24. The fourth-order valence-electron chi connectivity index (χ4n) is 2.65. The minimum atomic E-state index is -0.257. The van der Waals surface area contributed by atoms with E-state index in [0.29, 0.717) is 29.4 Å². The van der Waals surface area contributed by atoms with Crippen molar-refractivity contribution in [2.75, 3.05) is 21.3 Å². The Morgan fingerprint density at radius 3 is 2.19 bits per heavy atom. The quantitative estimate of drug-likeness (QED) is 0.854. The molecule has 0 aliphatic rings. The third-order valence-electron chi connectivity index (χ3n) is 3.86. The van der Waals surface area contributed by atoms with E-state index in [0.717, 1.165) is 11.3 Å². The number of hydrogen-bond acceptors (Lipinski definition) is 6. The molecule has 1 amide bonds. The molecule has 2 aromatic rings. The smallest absolute Gasteiger partial charge is 0.251 e. The summed E-state index contributed by atoms with van der Waals surface area (Å²) in [5.74, 6) is 1.04. The second kappa shape index (κ2) is 8.03. The first kappa shape index (κ1) is 19.5. The number of nitrogens with zero attached hydrogens (tertiary/aromatic N) is 2. The molecule has 0 saturated carbocycles. The number of benzene rings is 1. The fraction of sp³-hybridized carbons (Fsp3) is 0.421. The number of carbonyl (C=O) groups excluding carboxylic acids is 1. The van der Waals surface area contributed by atoms with Crippen LogP contribution >= 0.6 is 0 Å². The van der Waals surface area contributed by atoms with E-state index in [1.165, 1.54) is 27.7 Å². The molecule has 0 atom stereocenters. The van der Waals surface area contributed by atoms with Crippen molar-refractivity contribution in [1.29, 1.82) is 0 Å². The first-order valence-electron chi connectivity index (χ1n) is 8.19. The molecule has 7 nitrogen and oxygen atoms in total. The van der Waals surface area contributed by atoms with Gasteiger partial charge in [-0.3, -0.25) is 4.79 Å². The van der Waals surface area contributed by atoms with Crippen LogP contribution in [-0.2, 0) is 12.0 Å². The number of aromatic nitrogens is 2. The van der Waals surface area contributed by atoms with Gasteiger partial charge in [-0.25, -0.2) is 9.97 Å². The van der Waals surface area contributed by atoms with Crippen molar-refractivity contribution in [3.8, 4) is 17.2 Å². The Bertz CT molecular complexity index is 760. The fourth-order valence-corrected chi connectivity index (χ4v) is 2.65. The Balaban J connectivity index is 2.24. The first-order chi connectivity index (χ1) is 12.3. The lowest BCUT2D eigenvalue weighted by molar-refractivity contribution is 0.0949. The predicted octanol–water partition coefficient (Wildman–Crippen LogP) is 2.73. The third-order valence-corrected chi connectivity index (χ3v) is 3.86. The molecule has 26 heavy (non-hydrogen) atoms. The molecule has 0 fully saturated rings. The van der Waals surface area contributed by atoms with Crippen LogP contribution in [0.5, 0.6) is 17.2 Å². The summed E-state index contributed by atoms with van der Waals surface area (Å²) < 4.78 is 15.9. The summed E-state index contributed by atoms with van der Waals surface area (Å²) in [6, 6.07) is 3.23.